The van der Waals surface area contributed by atoms with Crippen molar-refractivity contribution in [2.75, 3.05) is 20.2 Å². The van der Waals surface area contributed by atoms with Crippen molar-refractivity contribution in [3.05, 3.63) is 23.3 Å². The number of likely N-dealkylation sites (tertiary alicyclic amines) is 1. The molecular formula is C27H40Cl2N2O5. The highest BCUT2D eigenvalue weighted by molar-refractivity contribution is 5.85. The zero-order chi connectivity index (χ0) is 23.8. The number of hydrogen-bond acceptors (Lipinski definition) is 6. The second-order valence-electron chi connectivity index (χ2n) is 11.8. The fraction of sp³-hybridized carbons (Fsp3) is 0.741. The van der Waals surface area contributed by atoms with Crippen molar-refractivity contribution in [2.24, 2.45) is 11.8 Å². The summed E-state index contributed by atoms with van der Waals surface area (Å²) in [6.45, 7) is 6.23. The third-order valence-electron chi connectivity index (χ3n) is 9.51. The Morgan fingerprint density at radius 3 is 2.64 bits per heavy atom. The molecule has 2 bridgehead atoms. The second-order valence-corrected chi connectivity index (χ2v) is 11.8. The molecule has 1 saturated heterocycles. The highest BCUT2D eigenvalue weighted by Gasteiger charge is 2.74. The molecule has 6 rings (SSSR count). The fourth-order valence-corrected chi connectivity index (χ4v) is 8.01. The lowest BCUT2D eigenvalue weighted by Crippen LogP contribution is -2.79. The van der Waals surface area contributed by atoms with Crippen LogP contribution in [0, 0.1) is 11.8 Å². The lowest BCUT2D eigenvalue weighted by Gasteiger charge is -2.65. The van der Waals surface area contributed by atoms with Gasteiger partial charge in [0.05, 0.1) is 11.0 Å². The van der Waals surface area contributed by atoms with Crippen molar-refractivity contribution in [3.8, 4) is 11.5 Å². The largest absolute Gasteiger partial charge is 0.504 e. The molecule has 0 aromatic heterocycles. The number of aliphatic carboxylic acids is 1. The van der Waals surface area contributed by atoms with Crippen molar-refractivity contribution in [2.45, 2.75) is 94.0 Å². The number of phenols is 1. The topological polar surface area (TPSA) is 91.3 Å². The minimum atomic E-state index is -0.811. The molecule has 1 aromatic rings. The van der Waals surface area contributed by atoms with Gasteiger partial charge >= 0.3 is 5.97 Å². The Labute approximate surface area is 226 Å². The van der Waals surface area contributed by atoms with Crippen LogP contribution in [0.1, 0.15) is 63.5 Å². The number of rotatable bonds is 8. The Morgan fingerprint density at radius 1 is 1.25 bits per heavy atom. The van der Waals surface area contributed by atoms with Gasteiger partial charge in [-0.05, 0) is 75.0 Å². The first kappa shape index (κ1) is 27.8. The molecule has 2 aliphatic heterocycles. The molecule has 36 heavy (non-hydrogen) atoms. The number of carbonyl (C=O) groups is 1. The molecule has 3 aliphatic carbocycles. The van der Waals surface area contributed by atoms with Crippen molar-refractivity contribution in [3.63, 3.8) is 0 Å². The summed E-state index contributed by atoms with van der Waals surface area (Å²) in [5.41, 5.74) is 1.60. The second kappa shape index (κ2) is 9.81. The van der Waals surface area contributed by atoms with E-state index < -0.39 is 17.6 Å². The number of aromatic hydroxyl groups is 1. The average Bonchev–Trinajstić information content (AvgIpc) is 3.54. The van der Waals surface area contributed by atoms with Gasteiger partial charge in [0, 0.05) is 31.3 Å². The van der Waals surface area contributed by atoms with E-state index in [0.29, 0.717) is 12.2 Å². The fourth-order valence-electron chi connectivity index (χ4n) is 8.01. The van der Waals surface area contributed by atoms with E-state index in [4.69, 9.17) is 9.47 Å². The van der Waals surface area contributed by atoms with E-state index in [-0.39, 0.29) is 60.1 Å². The van der Waals surface area contributed by atoms with Crippen LogP contribution in [0.3, 0.4) is 0 Å². The Morgan fingerprint density at radius 2 is 2.00 bits per heavy atom. The van der Waals surface area contributed by atoms with Gasteiger partial charge in [-0.15, -0.1) is 24.8 Å². The molecule has 9 heteroatoms. The van der Waals surface area contributed by atoms with Crippen LogP contribution in [-0.2, 0) is 21.4 Å². The smallest absolute Gasteiger partial charge is 0.320 e. The first-order chi connectivity index (χ1) is 16.3. The molecule has 5 aliphatic rings. The summed E-state index contributed by atoms with van der Waals surface area (Å²) >= 11 is 0. The Bertz CT molecular complexity index is 1000. The highest BCUT2D eigenvalue weighted by atomic mass is 35.5. The van der Waals surface area contributed by atoms with Gasteiger partial charge < -0.3 is 19.7 Å². The summed E-state index contributed by atoms with van der Waals surface area (Å²) in [6.07, 6.45) is 6.42. The van der Waals surface area contributed by atoms with Crippen LogP contribution >= 0.6 is 24.8 Å². The van der Waals surface area contributed by atoms with Crippen molar-refractivity contribution < 1.29 is 24.5 Å². The van der Waals surface area contributed by atoms with Crippen LogP contribution in [0.25, 0.3) is 0 Å². The quantitative estimate of drug-likeness (QED) is 0.458. The van der Waals surface area contributed by atoms with Crippen LogP contribution in [0.4, 0.5) is 0 Å². The summed E-state index contributed by atoms with van der Waals surface area (Å²) in [7, 11) is 1.85. The predicted octanol–water partition coefficient (Wildman–Crippen LogP) is 3.91. The Hall–Kier alpha value is -1.25. The summed E-state index contributed by atoms with van der Waals surface area (Å²) in [6, 6.07) is 3.38. The molecule has 2 heterocycles. The lowest BCUT2D eigenvalue weighted by atomic mass is 9.48. The molecule has 6 atom stereocenters. The van der Waals surface area contributed by atoms with E-state index in [9.17, 15) is 15.0 Å². The zero-order valence-corrected chi connectivity index (χ0v) is 23.0. The number of benzene rings is 1. The number of phenolic OH excluding ortho intramolecular Hbond substituents is 1. The molecule has 202 valence electrons. The van der Waals surface area contributed by atoms with Crippen molar-refractivity contribution >= 4 is 30.8 Å². The number of ether oxygens (including phenoxy) is 2. The summed E-state index contributed by atoms with van der Waals surface area (Å²) in [5.74, 6) is 1.05. The maximum Gasteiger partial charge on any atom is 0.320 e. The van der Waals surface area contributed by atoms with E-state index in [2.05, 4.69) is 30.1 Å². The number of piperidine rings is 1. The number of carboxylic acid groups (broad SMARTS) is 1. The van der Waals surface area contributed by atoms with Crippen LogP contribution in [0.5, 0.6) is 11.5 Å². The van der Waals surface area contributed by atoms with E-state index in [1.54, 1.807) is 6.07 Å². The molecule has 3 N–H and O–H groups in total. The van der Waals surface area contributed by atoms with E-state index >= 15 is 0 Å². The minimum absolute atomic E-state index is 0. The maximum atomic E-state index is 12.1. The normalized spacial score (nSPS) is 34.7. The summed E-state index contributed by atoms with van der Waals surface area (Å²) in [5, 5.41) is 24.3. The maximum absolute atomic E-state index is 12.1. The van der Waals surface area contributed by atoms with Gasteiger partial charge in [-0.3, -0.25) is 15.0 Å². The standard InChI is InChI=1S/C27H38N2O5.2ClH/c1-15(2)12-19(25(31)32)28-18-8-9-27(33-3)21-13-17-6-7-20(30)23-22(17)26(27,24(18)34-23)10-11-29(21)14-16-4-5-16;;/h6-7,15-16,18-19,21,24,28,30H,4-5,8-14H2,1-3H3,(H,31,32);2*1H/t18-,19+,21-,24+,26+,27-;;/m1../s1. The number of carboxylic acids is 1. The Kier molecular flexibility index (Phi) is 7.57. The van der Waals surface area contributed by atoms with Crippen molar-refractivity contribution in [1.82, 2.24) is 10.2 Å². The first-order valence-electron chi connectivity index (χ1n) is 13.1. The Balaban J connectivity index is 0.00000152. The molecular weight excluding hydrogens is 503 g/mol. The molecule has 3 fully saturated rings. The van der Waals surface area contributed by atoms with Gasteiger partial charge in [0.25, 0.3) is 0 Å². The average molecular weight is 544 g/mol. The third-order valence-corrected chi connectivity index (χ3v) is 9.51. The van der Waals surface area contributed by atoms with Crippen LogP contribution in [-0.4, -0.2) is 71.1 Å². The molecule has 1 aromatic carbocycles. The first-order valence-corrected chi connectivity index (χ1v) is 13.1. The number of nitrogens with zero attached hydrogens (tertiary/aromatic N) is 1. The predicted molar refractivity (Wildman–Crippen MR) is 142 cm³/mol. The van der Waals surface area contributed by atoms with Gasteiger partial charge in [-0.2, -0.15) is 0 Å². The summed E-state index contributed by atoms with van der Waals surface area (Å²) in [4.78, 5) is 14.8. The zero-order valence-electron chi connectivity index (χ0n) is 21.4. The van der Waals surface area contributed by atoms with Crippen LogP contribution < -0.4 is 10.1 Å². The number of methoxy groups -OCH3 is 1. The molecule has 0 unspecified atom stereocenters. The SMILES string of the molecule is CO[C@@]12CC[C@@H](N[C@@H](CC(C)C)C(=O)O)[C@@H]3Oc4c(O)ccc5c4[C@@]31CCN(CC1CC1)[C@@H]2C5.Cl.Cl. The van der Waals surface area contributed by atoms with Crippen LogP contribution in [0.2, 0.25) is 0 Å². The summed E-state index contributed by atoms with van der Waals surface area (Å²) < 4.78 is 13.3. The number of halogens is 2. The number of hydrogen-bond donors (Lipinski definition) is 3. The molecule has 0 amide bonds. The minimum Gasteiger partial charge on any atom is -0.504 e. The van der Waals surface area contributed by atoms with Gasteiger partial charge in [-0.1, -0.05) is 19.9 Å². The van der Waals surface area contributed by atoms with Gasteiger partial charge in [0.1, 0.15) is 12.1 Å². The molecule has 0 radical (unpaired) electrons. The van der Waals surface area contributed by atoms with Gasteiger partial charge in [0.15, 0.2) is 11.5 Å². The van der Waals surface area contributed by atoms with Gasteiger partial charge in [-0.25, -0.2) is 0 Å². The number of nitrogens with one attached hydrogen (secondary N) is 1. The monoisotopic (exact) mass is 542 g/mol. The lowest BCUT2D eigenvalue weighted by molar-refractivity contribution is -0.208. The van der Waals surface area contributed by atoms with E-state index in [1.807, 2.05) is 7.11 Å². The molecule has 2 saturated carbocycles. The van der Waals surface area contributed by atoms with Crippen LogP contribution in [0.15, 0.2) is 12.1 Å². The van der Waals surface area contributed by atoms with Crippen molar-refractivity contribution in [1.29, 1.82) is 0 Å². The molecule has 1 spiro atoms. The molecule has 7 nitrogen and oxygen atoms in total. The third kappa shape index (κ3) is 3.84. The van der Waals surface area contributed by atoms with E-state index in [0.717, 1.165) is 50.3 Å². The van der Waals surface area contributed by atoms with Gasteiger partial charge in [0.2, 0.25) is 0 Å². The van der Waals surface area contributed by atoms with E-state index in [1.165, 1.54) is 18.4 Å². The highest BCUT2D eigenvalue weighted by Crippen LogP contribution is 2.66.